The summed E-state index contributed by atoms with van der Waals surface area (Å²) in [5, 5.41) is 8.75. The molecule has 0 heterocycles. The Balaban J connectivity index is 2.68. The van der Waals surface area contributed by atoms with Crippen LogP contribution in [-0.2, 0) is 4.79 Å². The van der Waals surface area contributed by atoms with Gasteiger partial charge in [0.1, 0.15) is 0 Å². The second-order valence-corrected chi connectivity index (χ2v) is 3.69. The zero-order chi connectivity index (χ0) is 8.65. The summed E-state index contributed by atoms with van der Waals surface area (Å²) in [6, 6.07) is 0. The maximum atomic E-state index is 10.6. The molecule has 1 aliphatic rings. The molecule has 0 bridgehead atoms. The summed E-state index contributed by atoms with van der Waals surface area (Å²) in [5.41, 5.74) is -0.0294. The van der Waals surface area contributed by atoms with Crippen LogP contribution in [0.3, 0.4) is 0 Å². The predicted octanol–water partition coefficient (Wildman–Crippen LogP) is 1.92. The van der Waals surface area contributed by atoms with E-state index in [2.05, 4.69) is 0 Å². The molecule has 62 valence electrons. The number of allylic oxidation sites excluding steroid dienone is 2. The minimum absolute atomic E-state index is 0.0294. The second-order valence-electron chi connectivity index (χ2n) is 3.69. The Morgan fingerprint density at radius 3 is 2.36 bits per heavy atom. The van der Waals surface area contributed by atoms with E-state index in [9.17, 15) is 4.79 Å². The van der Waals surface area contributed by atoms with E-state index in [0.717, 1.165) is 0 Å². The number of hydrogen-bond acceptors (Lipinski definition) is 1. The average molecular weight is 154 g/mol. The van der Waals surface area contributed by atoms with Gasteiger partial charge < -0.3 is 5.11 Å². The van der Waals surface area contributed by atoms with Gasteiger partial charge in [-0.2, -0.15) is 0 Å². The molecule has 0 amide bonds. The third-order valence-electron chi connectivity index (χ3n) is 2.58. The Bertz CT molecular complexity index is 204. The molecule has 11 heavy (non-hydrogen) atoms. The minimum atomic E-state index is -0.668. The molecule has 1 fully saturated rings. The molecule has 1 N–H and O–H groups in total. The Morgan fingerprint density at radius 2 is 2.09 bits per heavy atom. The van der Waals surface area contributed by atoms with E-state index in [1.165, 1.54) is 0 Å². The molecule has 0 saturated heterocycles. The van der Waals surface area contributed by atoms with Crippen molar-refractivity contribution in [2.24, 2.45) is 17.3 Å². The Morgan fingerprint density at radius 1 is 1.55 bits per heavy atom. The van der Waals surface area contributed by atoms with E-state index in [4.69, 9.17) is 5.11 Å². The molecule has 2 nitrogen and oxygen atoms in total. The molecule has 1 rings (SSSR count). The molecule has 0 radical (unpaired) electrons. The van der Waals surface area contributed by atoms with Crippen LogP contribution in [0.25, 0.3) is 0 Å². The highest BCUT2D eigenvalue weighted by molar-refractivity contribution is 5.76. The third-order valence-corrected chi connectivity index (χ3v) is 2.58. The molecular formula is C9H14O2. The van der Waals surface area contributed by atoms with Gasteiger partial charge in [-0.3, -0.25) is 4.79 Å². The van der Waals surface area contributed by atoms with E-state index >= 15 is 0 Å². The first-order valence-electron chi connectivity index (χ1n) is 3.87. The number of carbonyl (C=O) groups is 1. The van der Waals surface area contributed by atoms with Gasteiger partial charge in [-0.05, 0) is 18.3 Å². The summed E-state index contributed by atoms with van der Waals surface area (Å²) in [5.74, 6) is -0.596. The van der Waals surface area contributed by atoms with Crippen molar-refractivity contribution < 1.29 is 9.90 Å². The quantitative estimate of drug-likeness (QED) is 0.617. The first-order valence-corrected chi connectivity index (χ1v) is 3.87. The van der Waals surface area contributed by atoms with Crippen molar-refractivity contribution in [2.45, 2.75) is 20.8 Å². The molecule has 0 aromatic heterocycles. The predicted molar refractivity (Wildman–Crippen MR) is 43.2 cm³/mol. The monoisotopic (exact) mass is 154 g/mol. The fourth-order valence-corrected chi connectivity index (χ4v) is 1.72. The van der Waals surface area contributed by atoms with Crippen LogP contribution in [0.4, 0.5) is 0 Å². The van der Waals surface area contributed by atoms with Crippen molar-refractivity contribution in [3.8, 4) is 0 Å². The highest BCUT2D eigenvalue weighted by Crippen LogP contribution is 2.58. The Labute approximate surface area is 66.9 Å². The van der Waals surface area contributed by atoms with Crippen molar-refractivity contribution in [3.63, 3.8) is 0 Å². The molecule has 0 aromatic carbocycles. The van der Waals surface area contributed by atoms with Crippen LogP contribution in [0.15, 0.2) is 12.2 Å². The largest absolute Gasteiger partial charge is 0.481 e. The maximum absolute atomic E-state index is 10.6. The maximum Gasteiger partial charge on any atom is 0.307 e. The van der Waals surface area contributed by atoms with Crippen molar-refractivity contribution in [2.75, 3.05) is 0 Å². The highest BCUT2D eigenvalue weighted by atomic mass is 16.4. The van der Waals surface area contributed by atoms with E-state index in [-0.39, 0.29) is 17.3 Å². The van der Waals surface area contributed by atoms with E-state index in [1.54, 1.807) is 0 Å². The SMILES string of the molecule is CC=C[C@H]1[C@H](C(=O)O)C1(C)C. The fourth-order valence-electron chi connectivity index (χ4n) is 1.72. The summed E-state index contributed by atoms with van der Waals surface area (Å²) in [4.78, 5) is 10.6. The highest BCUT2D eigenvalue weighted by Gasteiger charge is 2.60. The fraction of sp³-hybridized carbons (Fsp3) is 0.667. The van der Waals surface area contributed by atoms with Crippen LogP contribution in [0.1, 0.15) is 20.8 Å². The lowest BCUT2D eigenvalue weighted by Gasteiger charge is -1.95. The summed E-state index contributed by atoms with van der Waals surface area (Å²) in [6.45, 7) is 5.92. The second kappa shape index (κ2) is 2.36. The third kappa shape index (κ3) is 1.17. The number of hydrogen-bond donors (Lipinski definition) is 1. The Kier molecular flexibility index (Phi) is 1.78. The van der Waals surface area contributed by atoms with Gasteiger partial charge >= 0.3 is 5.97 Å². The zero-order valence-corrected chi connectivity index (χ0v) is 7.16. The van der Waals surface area contributed by atoms with Crippen LogP contribution in [-0.4, -0.2) is 11.1 Å². The van der Waals surface area contributed by atoms with Gasteiger partial charge in [-0.25, -0.2) is 0 Å². The normalized spacial score (nSPS) is 34.1. The topological polar surface area (TPSA) is 37.3 Å². The minimum Gasteiger partial charge on any atom is -0.481 e. The van der Waals surface area contributed by atoms with Gasteiger partial charge in [0.25, 0.3) is 0 Å². The molecular weight excluding hydrogens is 140 g/mol. The number of aliphatic carboxylic acids is 1. The summed E-state index contributed by atoms with van der Waals surface area (Å²) in [7, 11) is 0. The summed E-state index contributed by atoms with van der Waals surface area (Å²) >= 11 is 0. The first kappa shape index (κ1) is 8.31. The van der Waals surface area contributed by atoms with Gasteiger partial charge in [0.2, 0.25) is 0 Å². The van der Waals surface area contributed by atoms with Crippen molar-refractivity contribution in [1.82, 2.24) is 0 Å². The lowest BCUT2D eigenvalue weighted by atomic mass is 10.1. The van der Waals surface area contributed by atoms with Gasteiger partial charge in [0.05, 0.1) is 5.92 Å². The summed E-state index contributed by atoms with van der Waals surface area (Å²) in [6.07, 6.45) is 3.91. The van der Waals surface area contributed by atoms with Gasteiger partial charge in [-0.1, -0.05) is 26.0 Å². The van der Waals surface area contributed by atoms with Crippen LogP contribution in [0.2, 0.25) is 0 Å². The molecule has 0 aromatic rings. The van der Waals surface area contributed by atoms with E-state index in [0.29, 0.717) is 0 Å². The molecule has 1 aliphatic carbocycles. The van der Waals surface area contributed by atoms with Gasteiger partial charge in [0.15, 0.2) is 0 Å². The van der Waals surface area contributed by atoms with Crippen molar-refractivity contribution in [1.29, 1.82) is 0 Å². The molecule has 2 heteroatoms. The van der Waals surface area contributed by atoms with Crippen LogP contribution >= 0.6 is 0 Å². The van der Waals surface area contributed by atoms with Crippen LogP contribution in [0.5, 0.6) is 0 Å². The molecule has 1 saturated carbocycles. The lowest BCUT2D eigenvalue weighted by molar-refractivity contribution is -0.139. The molecule has 0 aliphatic heterocycles. The number of carboxylic acid groups (broad SMARTS) is 1. The summed E-state index contributed by atoms with van der Waals surface area (Å²) < 4.78 is 0. The van der Waals surface area contributed by atoms with E-state index < -0.39 is 5.97 Å². The van der Waals surface area contributed by atoms with Crippen molar-refractivity contribution >= 4 is 5.97 Å². The molecule has 0 spiro atoms. The Hall–Kier alpha value is -0.790. The van der Waals surface area contributed by atoms with E-state index in [1.807, 2.05) is 32.9 Å². The van der Waals surface area contributed by atoms with Crippen LogP contribution in [0, 0.1) is 17.3 Å². The lowest BCUT2D eigenvalue weighted by Crippen LogP contribution is -2.02. The molecule has 0 unspecified atom stereocenters. The van der Waals surface area contributed by atoms with Crippen LogP contribution < -0.4 is 0 Å². The molecule has 2 atom stereocenters. The smallest absolute Gasteiger partial charge is 0.307 e. The zero-order valence-electron chi connectivity index (χ0n) is 7.16. The number of carboxylic acids is 1. The number of rotatable bonds is 2. The average Bonchev–Trinajstić information content (AvgIpc) is 2.35. The van der Waals surface area contributed by atoms with Gasteiger partial charge in [-0.15, -0.1) is 0 Å². The first-order chi connectivity index (χ1) is 5.01. The van der Waals surface area contributed by atoms with Crippen molar-refractivity contribution in [3.05, 3.63) is 12.2 Å². The van der Waals surface area contributed by atoms with Gasteiger partial charge in [0, 0.05) is 0 Å². The standard InChI is InChI=1S/C9H14O2/c1-4-5-6-7(8(10)11)9(6,2)3/h4-7H,1-3H3,(H,10,11)/t6-,7+/m0/s1.